The zero-order valence-electron chi connectivity index (χ0n) is 35.0. The number of hydrogen-bond acceptors (Lipinski definition) is 4. The number of benzene rings is 1. The first-order valence-corrected chi connectivity index (χ1v) is 22.2. The first-order chi connectivity index (χ1) is 23.3. The summed E-state index contributed by atoms with van der Waals surface area (Å²) in [5, 5.41) is 5.66. The second-order valence-electron chi connectivity index (χ2n) is 17.7. The third-order valence-electron chi connectivity index (χ3n) is 9.21. The summed E-state index contributed by atoms with van der Waals surface area (Å²) in [4.78, 5) is 14.2. The zero-order chi connectivity index (χ0) is 38.2. The van der Waals surface area contributed by atoms with E-state index < -0.39 is 9.84 Å². The van der Waals surface area contributed by atoms with Crippen LogP contribution in [0.4, 0.5) is 4.79 Å². The molecule has 1 saturated heterocycles. The standard InChI is InChI=1S/C12H18O2S.C11H22.C10H22N2O.C10H21N/c1-10(2)4-5-11-6-8-12(9-7-11)15(3,13)14;1-10(2)8-9-11-6-4-3-5-7-11;1-8(2)6-7-11-9(13)12-10(3,4)5;1-10(2)6-9-11-7-4-3-5-8-11/h6-10H,4-5H2,1-3H3;10-11H,3-9H2,1-2H3;8H,6-7H2,1-5H3,(H2,11,12,13);10H,3-9H2,1-2H3. The minimum atomic E-state index is -3.05. The summed E-state index contributed by atoms with van der Waals surface area (Å²) in [6.45, 7) is 28.6. The molecule has 50 heavy (non-hydrogen) atoms. The lowest BCUT2D eigenvalue weighted by Gasteiger charge is -2.26. The molecule has 0 bridgehead atoms. The fourth-order valence-corrected chi connectivity index (χ4v) is 6.52. The molecule has 1 saturated carbocycles. The van der Waals surface area contributed by atoms with E-state index in [2.05, 4.69) is 70.9 Å². The molecule has 0 radical (unpaired) electrons. The molecule has 1 aliphatic carbocycles. The van der Waals surface area contributed by atoms with Gasteiger partial charge in [-0.1, -0.05) is 119 Å². The van der Waals surface area contributed by atoms with Gasteiger partial charge in [0.25, 0.3) is 0 Å². The summed E-state index contributed by atoms with van der Waals surface area (Å²) < 4.78 is 22.4. The van der Waals surface area contributed by atoms with Crippen LogP contribution in [0.3, 0.4) is 0 Å². The van der Waals surface area contributed by atoms with Crippen LogP contribution in [-0.2, 0) is 16.3 Å². The van der Waals surface area contributed by atoms with Crippen LogP contribution >= 0.6 is 0 Å². The lowest BCUT2D eigenvalue weighted by atomic mass is 9.85. The van der Waals surface area contributed by atoms with Crippen molar-refractivity contribution in [3.63, 3.8) is 0 Å². The Balaban J connectivity index is 0.000000645. The lowest BCUT2D eigenvalue weighted by molar-refractivity contribution is 0.217. The number of nitrogens with zero attached hydrogens (tertiary/aromatic N) is 1. The summed E-state index contributed by atoms with van der Waals surface area (Å²) in [5.74, 6) is 4.19. The molecule has 1 heterocycles. The Kier molecular flexibility index (Phi) is 26.2. The van der Waals surface area contributed by atoms with E-state index in [0.29, 0.717) is 16.7 Å². The minimum absolute atomic E-state index is 0.0758. The summed E-state index contributed by atoms with van der Waals surface area (Å²) in [7, 11) is -3.05. The van der Waals surface area contributed by atoms with Gasteiger partial charge in [-0.2, -0.15) is 0 Å². The van der Waals surface area contributed by atoms with Gasteiger partial charge in [-0.15, -0.1) is 0 Å². The van der Waals surface area contributed by atoms with Crippen LogP contribution in [0.15, 0.2) is 29.2 Å². The molecule has 1 aliphatic heterocycles. The third kappa shape index (κ3) is 30.1. The van der Waals surface area contributed by atoms with E-state index in [1.807, 2.05) is 32.9 Å². The van der Waals surface area contributed by atoms with Crippen molar-refractivity contribution >= 4 is 15.9 Å². The molecule has 2 N–H and O–H groups in total. The van der Waals surface area contributed by atoms with Gasteiger partial charge >= 0.3 is 6.03 Å². The Bertz CT molecular complexity index is 1040. The number of piperidine rings is 1. The first-order valence-electron chi connectivity index (χ1n) is 20.4. The third-order valence-corrected chi connectivity index (χ3v) is 10.3. The Morgan fingerprint density at radius 1 is 0.740 bits per heavy atom. The fourth-order valence-electron chi connectivity index (χ4n) is 5.89. The van der Waals surface area contributed by atoms with Crippen molar-refractivity contribution in [2.24, 2.45) is 29.6 Å². The van der Waals surface area contributed by atoms with Crippen molar-refractivity contribution in [1.29, 1.82) is 0 Å². The highest BCUT2D eigenvalue weighted by atomic mass is 32.2. The molecule has 1 aromatic carbocycles. The normalized spacial score (nSPS) is 15.8. The van der Waals surface area contributed by atoms with Gasteiger partial charge in [-0.05, 0) is 126 Å². The Labute approximate surface area is 312 Å². The summed E-state index contributed by atoms with van der Waals surface area (Å²) >= 11 is 0. The lowest BCUT2D eigenvalue weighted by Crippen LogP contribution is -2.46. The van der Waals surface area contributed by atoms with Gasteiger partial charge in [0.2, 0.25) is 0 Å². The average Bonchev–Trinajstić information content (AvgIpc) is 3.02. The molecule has 0 atom stereocenters. The number of carbonyl (C=O) groups excluding carboxylic acids is 1. The van der Waals surface area contributed by atoms with E-state index in [1.165, 1.54) is 102 Å². The van der Waals surface area contributed by atoms with Gasteiger partial charge in [0.1, 0.15) is 0 Å². The smallest absolute Gasteiger partial charge is 0.315 e. The van der Waals surface area contributed by atoms with Crippen molar-refractivity contribution in [1.82, 2.24) is 15.5 Å². The van der Waals surface area contributed by atoms with Crippen molar-refractivity contribution in [3.8, 4) is 0 Å². The number of hydrogen-bond donors (Lipinski definition) is 2. The number of likely N-dealkylation sites (tertiary alicyclic amines) is 1. The largest absolute Gasteiger partial charge is 0.338 e. The Morgan fingerprint density at radius 3 is 1.70 bits per heavy atom. The molecule has 1 aromatic rings. The molecule has 6 nitrogen and oxygen atoms in total. The molecular formula is C43H83N3O3S. The Morgan fingerprint density at radius 2 is 1.24 bits per heavy atom. The minimum Gasteiger partial charge on any atom is -0.338 e. The summed E-state index contributed by atoms with van der Waals surface area (Å²) in [6.07, 6.45) is 20.6. The van der Waals surface area contributed by atoms with E-state index in [-0.39, 0.29) is 11.6 Å². The first kappa shape index (κ1) is 48.4. The van der Waals surface area contributed by atoms with Crippen molar-refractivity contribution in [2.45, 2.75) is 176 Å². The second-order valence-corrected chi connectivity index (χ2v) is 19.7. The molecule has 2 aliphatic rings. The van der Waals surface area contributed by atoms with Crippen LogP contribution < -0.4 is 10.6 Å². The average molecular weight is 722 g/mol. The maximum Gasteiger partial charge on any atom is 0.315 e. The molecule has 3 rings (SSSR count). The van der Waals surface area contributed by atoms with Gasteiger partial charge in [0.05, 0.1) is 4.90 Å². The van der Waals surface area contributed by atoms with Crippen LogP contribution in [0, 0.1) is 29.6 Å². The number of aryl methyl sites for hydroxylation is 1. The molecule has 2 fully saturated rings. The van der Waals surface area contributed by atoms with E-state index in [1.54, 1.807) is 12.1 Å². The number of urea groups is 1. The van der Waals surface area contributed by atoms with Crippen LogP contribution in [0.2, 0.25) is 0 Å². The second kappa shape index (κ2) is 27.1. The maximum absolute atomic E-state index is 11.2. The number of sulfone groups is 1. The zero-order valence-corrected chi connectivity index (χ0v) is 35.8. The molecule has 0 unspecified atom stereocenters. The Hall–Kier alpha value is -1.60. The highest BCUT2D eigenvalue weighted by molar-refractivity contribution is 7.90. The van der Waals surface area contributed by atoms with Crippen molar-refractivity contribution in [2.75, 3.05) is 32.4 Å². The molecule has 0 spiro atoms. The quantitative estimate of drug-likeness (QED) is 0.213. The molecule has 294 valence electrons. The van der Waals surface area contributed by atoms with Gasteiger partial charge < -0.3 is 15.5 Å². The highest BCUT2D eigenvalue weighted by Crippen LogP contribution is 2.28. The maximum atomic E-state index is 11.2. The monoisotopic (exact) mass is 722 g/mol. The van der Waals surface area contributed by atoms with E-state index >= 15 is 0 Å². The van der Waals surface area contributed by atoms with Gasteiger partial charge in [0.15, 0.2) is 9.84 Å². The molecule has 2 amide bonds. The molecule has 0 aromatic heterocycles. The molecule has 7 heteroatoms. The van der Waals surface area contributed by atoms with Crippen LogP contribution in [-0.4, -0.2) is 57.3 Å². The van der Waals surface area contributed by atoms with Crippen LogP contribution in [0.25, 0.3) is 0 Å². The SMILES string of the molecule is CC(C)CCC1CCCCC1.CC(C)CCN1CCCCC1.CC(C)CCNC(=O)NC(C)(C)C.CC(C)CCc1ccc(S(C)(=O)=O)cc1. The van der Waals surface area contributed by atoms with Crippen LogP contribution in [0.1, 0.15) is 165 Å². The summed E-state index contributed by atoms with van der Waals surface area (Å²) in [5.41, 5.74) is 1.05. The van der Waals surface area contributed by atoms with E-state index in [4.69, 9.17) is 0 Å². The van der Waals surface area contributed by atoms with Gasteiger partial charge in [-0.3, -0.25) is 0 Å². The summed E-state index contributed by atoms with van der Waals surface area (Å²) in [6, 6.07) is 7.10. The number of rotatable bonds is 13. The predicted molar refractivity (Wildman–Crippen MR) is 219 cm³/mol. The highest BCUT2D eigenvalue weighted by Gasteiger charge is 2.14. The topological polar surface area (TPSA) is 78.5 Å². The fraction of sp³-hybridized carbons (Fsp3) is 0.837. The van der Waals surface area contributed by atoms with Crippen molar-refractivity contribution in [3.05, 3.63) is 29.8 Å². The van der Waals surface area contributed by atoms with Gasteiger partial charge in [0, 0.05) is 18.3 Å². The molecular weight excluding hydrogens is 639 g/mol. The number of amides is 2. The number of carbonyl (C=O) groups is 1. The van der Waals surface area contributed by atoms with E-state index in [0.717, 1.165) is 43.6 Å². The predicted octanol–water partition coefficient (Wildman–Crippen LogP) is 11.3. The van der Waals surface area contributed by atoms with Crippen LogP contribution in [0.5, 0.6) is 0 Å². The van der Waals surface area contributed by atoms with Gasteiger partial charge in [-0.25, -0.2) is 13.2 Å². The number of nitrogens with one attached hydrogen (secondary N) is 2. The van der Waals surface area contributed by atoms with E-state index in [9.17, 15) is 13.2 Å². The van der Waals surface area contributed by atoms with Crippen molar-refractivity contribution < 1.29 is 13.2 Å².